The minimum atomic E-state index is 0.442. The highest BCUT2D eigenvalue weighted by Crippen LogP contribution is 2.33. The number of anilines is 3. The molecule has 0 aliphatic carbocycles. The van der Waals surface area contributed by atoms with E-state index in [1.54, 1.807) is 13.3 Å². The topological polar surface area (TPSA) is 89.2 Å². The summed E-state index contributed by atoms with van der Waals surface area (Å²) >= 11 is 0. The molecule has 2 aromatic carbocycles. The first-order valence-electron chi connectivity index (χ1n) is 8.97. The van der Waals surface area contributed by atoms with Crippen LogP contribution in [0.25, 0.3) is 22.7 Å². The van der Waals surface area contributed by atoms with Crippen LogP contribution in [0.15, 0.2) is 65.5 Å². The molecule has 0 fully saturated rings. The molecule has 29 heavy (non-hydrogen) atoms. The Kier molecular flexibility index (Phi) is 5.07. The summed E-state index contributed by atoms with van der Waals surface area (Å²) in [7, 11) is 5.39. The van der Waals surface area contributed by atoms with Crippen molar-refractivity contribution in [3.63, 3.8) is 0 Å². The molecule has 2 aromatic heterocycles. The molecule has 0 aliphatic rings. The molecule has 0 atom stereocenters. The summed E-state index contributed by atoms with van der Waals surface area (Å²) in [4.78, 5) is 19.4. The smallest absolute Gasteiger partial charge is 0.232 e. The summed E-state index contributed by atoms with van der Waals surface area (Å²) in [6.07, 6.45) is 3.03. The van der Waals surface area contributed by atoms with E-state index in [2.05, 4.69) is 25.3 Å². The summed E-state index contributed by atoms with van der Waals surface area (Å²) in [6, 6.07) is 15.5. The monoisotopic (exact) mass is 388 g/mol. The average Bonchev–Trinajstić information content (AvgIpc) is 3.28. The molecule has 0 spiro atoms. The Bertz CT molecular complexity index is 1100. The van der Waals surface area contributed by atoms with E-state index in [0.29, 0.717) is 29.2 Å². The molecule has 146 valence electrons. The highest BCUT2D eigenvalue weighted by atomic mass is 16.5. The number of nitrogens with one attached hydrogen (secondary N) is 1. The van der Waals surface area contributed by atoms with Gasteiger partial charge in [0, 0.05) is 31.4 Å². The molecule has 1 N–H and O–H groups in total. The molecule has 0 radical (unpaired) electrons. The zero-order valence-electron chi connectivity index (χ0n) is 16.3. The van der Waals surface area contributed by atoms with Gasteiger partial charge in [0.1, 0.15) is 5.75 Å². The van der Waals surface area contributed by atoms with Gasteiger partial charge in [0.25, 0.3) is 0 Å². The average molecular weight is 388 g/mol. The Morgan fingerprint density at radius 3 is 2.52 bits per heavy atom. The summed E-state index contributed by atoms with van der Waals surface area (Å²) in [6.45, 7) is 0. The van der Waals surface area contributed by atoms with Crippen molar-refractivity contribution in [1.82, 2.24) is 19.9 Å². The van der Waals surface area contributed by atoms with Crippen LogP contribution in [0.2, 0.25) is 0 Å². The lowest BCUT2D eigenvalue weighted by Gasteiger charge is -2.14. The maximum Gasteiger partial charge on any atom is 0.232 e. The maximum atomic E-state index is 5.51. The zero-order valence-corrected chi connectivity index (χ0v) is 16.3. The molecule has 0 bridgehead atoms. The van der Waals surface area contributed by atoms with Crippen molar-refractivity contribution in [1.29, 1.82) is 0 Å². The van der Waals surface area contributed by atoms with Crippen LogP contribution < -0.4 is 15.0 Å². The van der Waals surface area contributed by atoms with Gasteiger partial charge in [0.05, 0.1) is 18.9 Å². The lowest BCUT2D eigenvalue weighted by molar-refractivity contribution is 0.415. The third-order valence-electron chi connectivity index (χ3n) is 4.21. The quantitative estimate of drug-likeness (QED) is 0.530. The number of hydrogen-bond donors (Lipinski definition) is 1. The fraction of sp³-hybridized carbons (Fsp3) is 0.143. The van der Waals surface area contributed by atoms with Gasteiger partial charge in [-0.3, -0.25) is 0 Å². The Hall–Kier alpha value is -3.94. The number of methoxy groups -OCH3 is 1. The van der Waals surface area contributed by atoms with Crippen LogP contribution in [0.4, 0.5) is 17.6 Å². The fourth-order valence-electron chi connectivity index (χ4n) is 2.79. The molecule has 8 nitrogen and oxygen atoms in total. The summed E-state index contributed by atoms with van der Waals surface area (Å²) in [5, 5.41) is 3.24. The van der Waals surface area contributed by atoms with Crippen LogP contribution >= 0.6 is 0 Å². The normalized spacial score (nSPS) is 10.6. The van der Waals surface area contributed by atoms with Gasteiger partial charge in [0.15, 0.2) is 18.0 Å². The van der Waals surface area contributed by atoms with E-state index in [1.165, 1.54) is 6.39 Å². The third kappa shape index (κ3) is 4.01. The fourth-order valence-corrected chi connectivity index (χ4v) is 2.79. The lowest BCUT2D eigenvalue weighted by atomic mass is 10.1. The van der Waals surface area contributed by atoms with Gasteiger partial charge < -0.3 is 19.4 Å². The lowest BCUT2D eigenvalue weighted by Crippen LogP contribution is -2.15. The van der Waals surface area contributed by atoms with E-state index in [9.17, 15) is 0 Å². The molecule has 4 aromatic rings. The van der Waals surface area contributed by atoms with Crippen molar-refractivity contribution >= 4 is 17.6 Å². The predicted octanol–water partition coefficient (Wildman–Crippen LogP) is 4.01. The third-order valence-corrected chi connectivity index (χ3v) is 4.21. The maximum absolute atomic E-state index is 5.51. The molecular formula is C21H20N6O2. The summed E-state index contributed by atoms with van der Waals surface area (Å²) in [5.41, 5.74) is 2.50. The van der Waals surface area contributed by atoms with E-state index >= 15 is 0 Å². The number of aromatic nitrogens is 4. The first kappa shape index (κ1) is 18.4. The second kappa shape index (κ2) is 7.97. The molecule has 8 heteroatoms. The minimum Gasteiger partial charge on any atom is -0.496 e. The van der Waals surface area contributed by atoms with Gasteiger partial charge in [-0.05, 0) is 12.1 Å². The Balaban J connectivity index is 1.69. The van der Waals surface area contributed by atoms with Crippen LogP contribution in [0, 0.1) is 0 Å². The minimum absolute atomic E-state index is 0.442. The van der Waals surface area contributed by atoms with Crippen LogP contribution in [0.3, 0.4) is 0 Å². The second-order valence-electron chi connectivity index (χ2n) is 6.45. The molecular weight excluding hydrogens is 368 g/mol. The van der Waals surface area contributed by atoms with Crippen molar-refractivity contribution < 1.29 is 9.15 Å². The molecule has 0 aliphatic heterocycles. The van der Waals surface area contributed by atoms with Crippen molar-refractivity contribution in [2.45, 2.75) is 0 Å². The van der Waals surface area contributed by atoms with Gasteiger partial charge in [-0.15, -0.1) is 0 Å². The Labute approximate surface area is 168 Å². The molecule has 0 unspecified atom stereocenters. The van der Waals surface area contributed by atoms with Crippen molar-refractivity contribution in [2.24, 2.45) is 0 Å². The van der Waals surface area contributed by atoms with Crippen LogP contribution in [-0.2, 0) is 0 Å². The largest absolute Gasteiger partial charge is 0.496 e. The molecule has 0 saturated carbocycles. The zero-order chi connectivity index (χ0) is 20.2. The van der Waals surface area contributed by atoms with Crippen molar-refractivity contribution in [3.05, 3.63) is 61.1 Å². The number of hydrogen-bond acceptors (Lipinski definition) is 8. The number of oxazole rings is 1. The predicted molar refractivity (Wildman–Crippen MR) is 111 cm³/mol. The van der Waals surface area contributed by atoms with Crippen molar-refractivity contribution in [2.75, 3.05) is 31.4 Å². The summed E-state index contributed by atoms with van der Waals surface area (Å²) < 4.78 is 10.9. The number of ether oxygens (including phenoxy) is 1. The van der Waals surface area contributed by atoms with E-state index in [1.807, 2.05) is 67.5 Å². The van der Waals surface area contributed by atoms with Gasteiger partial charge >= 0.3 is 0 Å². The molecule has 4 rings (SSSR count). The first-order chi connectivity index (χ1) is 14.1. The molecule has 0 saturated heterocycles. The first-order valence-corrected chi connectivity index (χ1v) is 8.97. The van der Waals surface area contributed by atoms with Crippen molar-refractivity contribution in [3.8, 4) is 28.5 Å². The highest BCUT2D eigenvalue weighted by molar-refractivity contribution is 5.71. The summed E-state index contributed by atoms with van der Waals surface area (Å²) in [5.74, 6) is 2.88. The van der Waals surface area contributed by atoms with Gasteiger partial charge in [-0.25, -0.2) is 4.98 Å². The van der Waals surface area contributed by atoms with E-state index in [0.717, 1.165) is 16.8 Å². The second-order valence-corrected chi connectivity index (χ2v) is 6.45. The Morgan fingerprint density at radius 1 is 1.00 bits per heavy atom. The van der Waals surface area contributed by atoms with E-state index in [-0.39, 0.29) is 0 Å². The van der Waals surface area contributed by atoms with Crippen LogP contribution in [0.5, 0.6) is 5.75 Å². The SMILES string of the molecule is COc1cc(Nc2nc(-c3ccccc3)nc(N(C)C)n2)ccc1-c1cnco1. The van der Waals surface area contributed by atoms with Gasteiger partial charge in [0.2, 0.25) is 11.9 Å². The van der Waals surface area contributed by atoms with Crippen LogP contribution in [0.1, 0.15) is 0 Å². The Morgan fingerprint density at radius 2 is 1.83 bits per heavy atom. The number of rotatable bonds is 6. The van der Waals surface area contributed by atoms with E-state index in [4.69, 9.17) is 9.15 Å². The number of nitrogens with zero attached hydrogens (tertiary/aromatic N) is 5. The number of benzene rings is 2. The standard InChI is InChI=1S/C21H20N6O2/c1-27(2)21-25-19(14-7-5-4-6-8-14)24-20(26-21)23-15-9-10-16(17(11-15)28-3)18-12-22-13-29-18/h4-13H,1-3H3,(H,23,24,25,26). The van der Waals surface area contributed by atoms with Gasteiger partial charge in [-0.1, -0.05) is 30.3 Å². The highest BCUT2D eigenvalue weighted by Gasteiger charge is 2.13. The molecule has 0 amide bonds. The van der Waals surface area contributed by atoms with E-state index < -0.39 is 0 Å². The van der Waals surface area contributed by atoms with Gasteiger partial charge in [-0.2, -0.15) is 15.0 Å². The van der Waals surface area contributed by atoms with Crippen LogP contribution in [-0.4, -0.2) is 41.1 Å². The molecule has 2 heterocycles.